The molecule has 2 aromatic rings. The second-order valence-electron chi connectivity index (χ2n) is 4.33. The third-order valence-electron chi connectivity index (χ3n) is 2.86. The minimum atomic E-state index is -1.06. The van der Waals surface area contributed by atoms with Crippen LogP contribution >= 0.6 is 11.8 Å². The average Bonchev–Trinajstić information content (AvgIpc) is 2.82. The van der Waals surface area contributed by atoms with Gasteiger partial charge < -0.3 is 5.11 Å². The highest BCUT2D eigenvalue weighted by Crippen LogP contribution is 2.31. The summed E-state index contributed by atoms with van der Waals surface area (Å²) in [5.74, 6) is -1.51. The highest BCUT2D eigenvalue weighted by Gasteiger charge is 2.32. The number of rotatable bonds is 3. The van der Waals surface area contributed by atoms with Crippen LogP contribution in [0.5, 0.6) is 0 Å². The number of aromatic nitrogens is 3. The summed E-state index contributed by atoms with van der Waals surface area (Å²) >= 11 is 1.03. The van der Waals surface area contributed by atoms with Gasteiger partial charge in [-0.2, -0.15) is 0 Å². The molecule has 7 nitrogen and oxygen atoms in total. The largest absolute Gasteiger partial charge is 0.481 e. The molecule has 0 radical (unpaired) electrons. The van der Waals surface area contributed by atoms with Gasteiger partial charge in [0.15, 0.2) is 5.82 Å². The Bertz CT molecular complexity index is 716. The quantitative estimate of drug-likeness (QED) is 0.881. The molecule has 1 aliphatic rings. The summed E-state index contributed by atoms with van der Waals surface area (Å²) in [5, 5.41) is 16.3. The topological polar surface area (TPSA) is 97.1 Å². The van der Waals surface area contributed by atoms with Gasteiger partial charge >= 0.3 is 5.97 Å². The number of fused-ring (bicyclic) bond motifs is 1. The van der Waals surface area contributed by atoms with E-state index in [0.717, 1.165) is 11.8 Å². The van der Waals surface area contributed by atoms with Crippen LogP contribution in [0.25, 0.3) is 11.4 Å². The van der Waals surface area contributed by atoms with Crippen LogP contribution in [0.2, 0.25) is 0 Å². The van der Waals surface area contributed by atoms with E-state index in [0.29, 0.717) is 16.5 Å². The van der Waals surface area contributed by atoms with Crippen LogP contribution in [0.15, 0.2) is 29.4 Å². The Kier molecular flexibility index (Phi) is 3.34. The summed E-state index contributed by atoms with van der Waals surface area (Å²) in [5.41, 5.74) is 3.14. The van der Waals surface area contributed by atoms with Crippen molar-refractivity contribution in [2.75, 3.05) is 5.43 Å². The maximum atomic E-state index is 12.9. The van der Waals surface area contributed by atoms with E-state index in [9.17, 15) is 14.0 Å². The molecule has 0 saturated carbocycles. The average molecular weight is 308 g/mol. The Morgan fingerprint density at radius 3 is 2.76 bits per heavy atom. The smallest absolute Gasteiger partial charge is 0.305 e. The van der Waals surface area contributed by atoms with E-state index in [-0.39, 0.29) is 12.2 Å². The monoisotopic (exact) mass is 308 g/mol. The molecule has 0 fully saturated rings. The van der Waals surface area contributed by atoms with Gasteiger partial charge in [0.25, 0.3) is 5.91 Å². The minimum Gasteiger partial charge on any atom is -0.481 e. The first-order valence-corrected chi connectivity index (χ1v) is 6.83. The molecule has 1 unspecified atom stereocenters. The zero-order valence-electron chi connectivity index (χ0n) is 10.5. The van der Waals surface area contributed by atoms with Crippen LogP contribution in [0.3, 0.4) is 0 Å². The van der Waals surface area contributed by atoms with E-state index in [1.165, 1.54) is 28.9 Å². The SMILES string of the molecule is O=C(O)CC1Sc2nnc(-c3ccc(F)cc3)n2NC1=O. The first-order valence-electron chi connectivity index (χ1n) is 5.95. The molecular formula is C12H9FN4O3S. The summed E-state index contributed by atoms with van der Waals surface area (Å²) in [6, 6.07) is 5.60. The number of aliphatic carboxylic acids is 1. The molecular weight excluding hydrogens is 299 g/mol. The van der Waals surface area contributed by atoms with E-state index >= 15 is 0 Å². The molecule has 108 valence electrons. The van der Waals surface area contributed by atoms with Gasteiger partial charge in [-0.3, -0.25) is 15.0 Å². The molecule has 1 amide bonds. The van der Waals surface area contributed by atoms with Crippen LogP contribution < -0.4 is 5.43 Å². The standard InChI is InChI=1S/C12H9FN4O3S/c13-7-3-1-6(2-4-7)10-14-15-12-17(10)16-11(20)8(21-12)5-9(18)19/h1-4,8H,5H2,(H,16,20)(H,18,19). The Hall–Kier alpha value is -2.42. The summed E-state index contributed by atoms with van der Waals surface area (Å²) < 4.78 is 14.3. The number of halogens is 1. The van der Waals surface area contributed by atoms with E-state index in [4.69, 9.17) is 5.11 Å². The first kappa shape index (κ1) is 13.6. The molecule has 1 atom stereocenters. The molecule has 0 saturated heterocycles. The Balaban J connectivity index is 1.93. The van der Waals surface area contributed by atoms with E-state index in [1.54, 1.807) is 0 Å². The van der Waals surface area contributed by atoms with Gasteiger partial charge in [0.1, 0.15) is 11.1 Å². The summed E-state index contributed by atoms with van der Waals surface area (Å²) in [7, 11) is 0. The summed E-state index contributed by atoms with van der Waals surface area (Å²) in [6.45, 7) is 0. The molecule has 1 aromatic carbocycles. The molecule has 0 aliphatic carbocycles. The van der Waals surface area contributed by atoms with Crippen LogP contribution in [-0.2, 0) is 9.59 Å². The van der Waals surface area contributed by atoms with Gasteiger partial charge in [-0.25, -0.2) is 9.07 Å². The van der Waals surface area contributed by atoms with Gasteiger partial charge in [0.05, 0.1) is 6.42 Å². The number of carbonyl (C=O) groups is 2. The Morgan fingerprint density at radius 2 is 2.10 bits per heavy atom. The van der Waals surface area contributed by atoms with Crippen LogP contribution in [0.1, 0.15) is 6.42 Å². The number of nitrogens with one attached hydrogen (secondary N) is 1. The molecule has 2 N–H and O–H groups in total. The Labute approximate surface area is 122 Å². The third kappa shape index (κ3) is 2.59. The maximum absolute atomic E-state index is 12.9. The van der Waals surface area contributed by atoms with Crippen molar-refractivity contribution in [2.24, 2.45) is 0 Å². The molecule has 0 bridgehead atoms. The van der Waals surface area contributed by atoms with E-state index < -0.39 is 17.1 Å². The number of hydrogen-bond donors (Lipinski definition) is 2. The number of amides is 1. The number of benzene rings is 1. The number of thioether (sulfide) groups is 1. The minimum absolute atomic E-state index is 0.296. The van der Waals surface area contributed by atoms with Crippen LogP contribution in [-0.4, -0.2) is 37.1 Å². The van der Waals surface area contributed by atoms with E-state index in [2.05, 4.69) is 15.6 Å². The molecule has 0 spiro atoms. The fraction of sp³-hybridized carbons (Fsp3) is 0.167. The van der Waals surface area contributed by atoms with Crippen molar-refractivity contribution in [3.8, 4) is 11.4 Å². The van der Waals surface area contributed by atoms with Crippen molar-refractivity contribution in [3.05, 3.63) is 30.1 Å². The number of carbonyl (C=O) groups excluding carboxylic acids is 1. The highest BCUT2D eigenvalue weighted by molar-refractivity contribution is 8.00. The lowest BCUT2D eigenvalue weighted by Gasteiger charge is -2.21. The molecule has 2 heterocycles. The molecule has 1 aliphatic heterocycles. The van der Waals surface area contributed by atoms with Crippen molar-refractivity contribution in [1.82, 2.24) is 14.9 Å². The van der Waals surface area contributed by atoms with Gasteiger partial charge in [-0.15, -0.1) is 10.2 Å². The predicted molar refractivity (Wildman–Crippen MR) is 71.7 cm³/mol. The first-order chi connectivity index (χ1) is 10.0. The van der Waals surface area contributed by atoms with Crippen molar-refractivity contribution < 1.29 is 19.1 Å². The molecule has 3 rings (SSSR count). The summed E-state index contributed by atoms with van der Waals surface area (Å²) in [6.07, 6.45) is -0.296. The number of carboxylic acid groups (broad SMARTS) is 1. The zero-order valence-corrected chi connectivity index (χ0v) is 11.3. The van der Waals surface area contributed by atoms with Gasteiger partial charge in [0, 0.05) is 5.56 Å². The lowest BCUT2D eigenvalue weighted by atomic mass is 10.2. The summed E-state index contributed by atoms with van der Waals surface area (Å²) in [4.78, 5) is 22.6. The molecule has 21 heavy (non-hydrogen) atoms. The van der Waals surface area contributed by atoms with Gasteiger partial charge in [0.2, 0.25) is 5.16 Å². The third-order valence-corrected chi connectivity index (χ3v) is 4.00. The fourth-order valence-corrected chi connectivity index (χ4v) is 2.85. The van der Waals surface area contributed by atoms with Crippen molar-refractivity contribution in [1.29, 1.82) is 0 Å². The second-order valence-corrected chi connectivity index (χ2v) is 5.50. The van der Waals surface area contributed by atoms with Crippen LogP contribution in [0, 0.1) is 5.82 Å². The highest BCUT2D eigenvalue weighted by atomic mass is 32.2. The normalized spacial score (nSPS) is 17.2. The number of carboxylic acids is 1. The van der Waals surface area contributed by atoms with Crippen molar-refractivity contribution in [2.45, 2.75) is 16.8 Å². The lowest BCUT2D eigenvalue weighted by Crippen LogP contribution is -2.37. The van der Waals surface area contributed by atoms with Crippen LogP contribution in [0.4, 0.5) is 4.39 Å². The fourth-order valence-electron chi connectivity index (χ4n) is 1.89. The number of nitrogens with zero attached hydrogens (tertiary/aromatic N) is 3. The van der Waals surface area contributed by atoms with E-state index in [1.807, 2.05) is 0 Å². The number of hydrogen-bond acceptors (Lipinski definition) is 5. The van der Waals surface area contributed by atoms with Gasteiger partial charge in [-0.05, 0) is 24.3 Å². The van der Waals surface area contributed by atoms with Crippen molar-refractivity contribution in [3.63, 3.8) is 0 Å². The zero-order chi connectivity index (χ0) is 15.0. The predicted octanol–water partition coefficient (Wildman–Crippen LogP) is 1.10. The lowest BCUT2D eigenvalue weighted by molar-refractivity contribution is -0.138. The maximum Gasteiger partial charge on any atom is 0.305 e. The molecule has 1 aromatic heterocycles. The molecule has 9 heteroatoms. The van der Waals surface area contributed by atoms with Gasteiger partial charge in [-0.1, -0.05) is 11.8 Å². The van der Waals surface area contributed by atoms with Crippen molar-refractivity contribution >= 4 is 23.6 Å². The second kappa shape index (κ2) is 5.17. The Morgan fingerprint density at radius 1 is 1.38 bits per heavy atom.